The first-order valence-electron chi connectivity index (χ1n) is 8.66. The van der Waals surface area contributed by atoms with Gasteiger partial charge in [-0.2, -0.15) is 0 Å². The van der Waals surface area contributed by atoms with Crippen LogP contribution in [0.1, 0.15) is 33.6 Å². The molecular weight excluding hydrogens is 330 g/mol. The fraction of sp³-hybridized carbons (Fsp3) is 0.250. The van der Waals surface area contributed by atoms with Crippen LogP contribution >= 0.6 is 0 Å². The number of rotatable bonds is 7. The van der Waals surface area contributed by atoms with Gasteiger partial charge in [0, 0.05) is 35.8 Å². The second-order valence-corrected chi connectivity index (χ2v) is 6.22. The molecule has 6 heteroatoms. The van der Waals surface area contributed by atoms with E-state index in [1.165, 1.54) is 0 Å². The Morgan fingerprint density at radius 3 is 1.85 bits per heavy atom. The lowest BCUT2D eigenvalue weighted by atomic mass is 10.2. The van der Waals surface area contributed by atoms with E-state index in [-0.39, 0.29) is 23.6 Å². The van der Waals surface area contributed by atoms with Gasteiger partial charge in [0.05, 0.1) is 0 Å². The van der Waals surface area contributed by atoms with E-state index < -0.39 is 0 Å². The summed E-state index contributed by atoms with van der Waals surface area (Å²) >= 11 is 0. The van der Waals surface area contributed by atoms with Crippen LogP contribution in [0.4, 0.5) is 5.69 Å². The van der Waals surface area contributed by atoms with Crippen LogP contribution < -0.4 is 16.0 Å². The van der Waals surface area contributed by atoms with E-state index in [1.807, 2.05) is 6.07 Å². The predicted octanol–water partition coefficient (Wildman–Crippen LogP) is 2.19. The van der Waals surface area contributed by atoms with Gasteiger partial charge >= 0.3 is 0 Å². The number of amides is 3. The molecule has 0 aliphatic heterocycles. The van der Waals surface area contributed by atoms with Crippen molar-refractivity contribution in [1.29, 1.82) is 0 Å². The van der Waals surface area contributed by atoms with E-state index in [9.17, 15) is 14.4 Å². The van der Waals surface area contributed by atoms with Crippen molar-refractivity contribution in [1.82, 2.24) is 10.6 Å². The normalized spacial score (nSPS) is 12.9. The largest absolute Gasteiger partial charge is 0.350 e. The van der Waals surface area contributed by atoms with Crippen LogP contribution in [0.3, 0.4) is 0 Å². The van der Waals surface area contributed by atoms with Crippen LogP contribution in [0.2, 0.25) is 0 Å². The second-order valence-electron chi connectivity index (χ2n) is 6.22. The molecule has 2 aromatic carbocycles. The molecule has 0 unspecified atom stereocenters. The Balaban J connectivity index is 1.40. The van der Waals surface area contributed by atoms with E-state index in [0.717, 1.165) is 12.8 Å². The molecular formula is C20H21N3O3. The van der Waals surface area contributed by atoms with Crippen molar-refractivity contribution >= 4 is 23.4 Å². The highest BCUT2D eigenvalue weighted by atomic mass is 16.2. The summed E-state index contributed by atoms with van der Waals surface area (Å²) in [4.78, 5) is 35.7. The summed E-state index contributed by atoms with van der Waals surface area (Å²) in [6, 6.07) is 15.7. The molecule has 134 valence electrons. The average molecular weight is 351 g/mol. The lowest BCUT2D eigenvalue weighted by Gasteiger charge is -2.08. The van der Waals surface area contributed by atoms with E-state index in [1.54, 1.807) is 48.5 Å². The molecule has 0 spiro atoms. The van der Waals surface area contributed by atoms with Crippen LogP contribution in [0.25, 0.3) is 0 Å². The summed E-state index contributed by atoms with van der Waals surface area (Å²) in [6.07, 6.45) is 1.90. The molecule has 1 aliphatic carbocycles. The number of hydrogen-bond donors (Lipinski definition) is 3. The van der Waals surface area contributed by atoms with Gasteiger partial charge in [-0.3, -0.25) is 14.4 Å². The number of carbonyl (C=O) groups excluding carboxylic acids is 3. The summed E-state index contributed by atoms with van der Waals surface area (Å²) in [7, 11) is 0. The number of hydrogen-bond acceptors (Lipinski definition) is 3. The molecule has 0 saturated heterocycles. The summed E-state index contributed by atoms with van der Waals surface area (Å²) in [6.45, 7) is 0.673. The monoisotopic (exact) mass is 351 g/mol. The molecule has 0 aromatic heterocycles. The maximum Gasteiger partial charge on any atom is 0.251 e. The van der Waals surface area contributed by atoms with Crippen LogP contribution in [0.15, 0.2) is 54.6 Å². The Morgan fingerprint density at radius 1 is 0.769 bits per heavy atom. The molecule has 0 heterocycles. The van der Waals surface area contributed by atoms with Gasteiger partial charge in [0.2, 0.25) is 5.91 Å². The van der Waals surface area contributed by atoms with Gasteiger partial charge in [0.15, 0.2) is 0 Å². The van der Waals surface area contributed by atoms with E-state index in [0.29, 0.717) is 29.9 Å². The first-order valence-corrected chi connectivity index (χ1v) is 8.66. The third kappa shape index (κ3) is 4.92. The minimum atomic E-state index is -0.223. The Labute approximate surface area is 152 Å². The Morgan fingerprint density at radius 2 is 1.31 bits per heavy atom. The molecule has 3 rings (SSSR count). The second kappa shape index (κ2) is 8.29. The molecule has 2 aromatic rings. The topological polar surface area (TPSA) is 87.3 Å². The first-order chi connectivity index (χ1) is 12.6. The third-order valence-electron chi connectivity index (χ3n) is 4.09. The maximum absolute atomic E-state index is 12.1. The van der Waals surface area contributed by atoms with Crippen molar-refractivity contribution in [2.24, 2.45) is 5.92 Å². The van der Waals surface area contributed by atoms with Gasteiger partial charge in [-0.1, -0.05) is 18.2 Å². The highest BCUT2D eigenvalue weighted by Gasteiger charge is 2.29. The Bertz CT molecular complexity index is 784. The van der Waals surface area contributed by atoms with Crippen LogP contribution in [-0.2, 0) is 4.79 Å². The quantitative estimate of drug-likeness (QED) is 0.668. The Kier molecular flexibility index (Phi) is 5.63. The Hall–Kier alpha value is -3.15. The lowest BCUT2D eigenvalue weighted by Crippen LogP contribution is -2.34. The molecule has 3 amide bonds. The zero-order chi connectivity index (χ0) is 18.4. The standard InChI is InChI=1S/C20H21N3O3/c24-18(14-4-2-1-3-5-14)21-12-13-22-19(25)15-8-10-17(11-9-15)23-20(26)16-6-7-16/h1-5,8-11,16H,6-7,12-13H2,(H,21,24)(H,22,25)(H,23,26). The summed E-state index contributed by atoms with van der Waals surface area (Å²) in [5.41, 5.74) is 1.78. The molecule has 6 nitrogen and oxygen atoms in total. The van der Waals surface area contributed by atoms with Crippen LogP contribution in [0.5, 0.6) is 0 Å². The van der Waals surface area contributed by atoms with Gasteiger partial charge in [0.1, 0.15) is 0 Å². The minimum Gasteiger partial charge on any atom is -0.350 e. The number of carbonyl (C=O) groups is 3. The highest BCUT2D eigenvalue weighted by Crippen LogP contribution is 2.30. The molecule has 1 fully saturated rings. The van der Waals surface area contributed by atoms with Gasteiger partial charge < -0.3 is 16.0 Å². The molecule has 1 saturated carbocycles. The molecule has 0 bridgehead atoms. The zero-order valence-electron chi connectivity index (χ0n) is 14.3. The third-order valence-corrected chi connectivity index (χ3v) is 4.09. The van der Waals surface area contributed by atoms with Crippen LogP contribution in [-0.4, -0.2) is 30.8 Å². The lowest BCUT2D eigenvalue weighted by molar-refractivity contribution is -0.117. The zero-order valence-corrected chi connectivity index (χ0v) is 14.3. The number of benzene rings is 2. The molecule has 0 radical (unpaired) electrons. The van der Waals surface area contributed by atoms with Crippen LogP contribution in [0, 0.1) is 5.92 Å². The van der Waals surface area contributed by atoms with Gasteiger partial charge in [0.25, 0.3) is 11.8 Å². The first kappa shape index (κ1) is 17.7. The summed E-state index contributed by atoms with van der Waals surface area (Å²) < 4.78 is 0. The predicted molar refractivity (Wildman–Crippen MR) is 98.9 cm³/mol. The van der Waals surface area contributed by atoms with Gasteiger partial charge in [-0.05, 0) is 49.2 Å². The fourth-order valence-corrected chi connectivity index (χ4v) is 2.44. The summed E-state index contributed by atoms with van der Waals surface area (Å²) in [5, 5.41) is 8.34. The van der Waals surface area contributed by atoms with Crippen molar-refractivity contribution in [3.63, 3.8) is 0 Å². The molecule has 3 N–H and O–H groups in total. The van der Waals surface area contributed by atoms with Gasteiger partial charge in [-0.25, -0.2) is 0 Å². The van der Waals surface area contributed by atoms with Crippen molar-refractivity contribution in [2.45, 2.75) is 12.8 Å². The smallest absolute Gasteiger partial charge is 0.251 e. The molecule has 26 heavy (non-hydrogen) atoms. The number of nitrogens with one attached hydrogen (secondary N) is 3. The minimum absolute atomic E-state index is 0.0383. The molecule has 1 aliphatic rings. The molecule has 0 atom stereocenters. The van der Waals surface area contributed by atoms with Crippen molar-refractivity contribution < 1.29 is 14.4 Å². The maximum atomic E-state index is 12.1. The highest BCUT2D eigenvalue weighted by molar-refractivity contribution is 5.97. The average Bonchev–Trinajstić information content (AvgIpc) is 3.51. The summed E-state index contributed by atoms with van der Waals surface area (Å²) in [5.74, 6) is -0.213. The van der Waals surface area contributed by atoms with Gasteiger partial charge in [-0.15, -0.1) is 0 Å². The van der Waals surface area contributed by atoms with E-state index in [4.69, 9.17) is 0 Å². The van der Waals surface area contributed by atoms with Crippen molar-refractivity contribution in [3.05, 3.63) is 65.7 Å². The van der Waals surface area contributed by atoms with E-state index in [2.05, 4.69) is 16.0 Å². The number of anilines is 1. The SMILES string of the molecule is O=C(NCCNC(=O)c1ccc(NC(=O)C2CC2)cc1)c1ccccc1. The fourth-order valence-electron chi connectivity index (χ4n) is 2.44. The van der Waals surface area contributed by atoms with Crippen molar-refractivity contribution in [2.75, 3.05) is 18.4 Å². The van der Waals surface area contributed by atoms with Crippen molar-refractivity contribution in [3.8, 4) is 0 Å². The van der Waals surface area contributed by atoms with E-state index >= 15 is 0 Å².